The fourth-order valence-electron chi connectivity index (χ4n) is 2.08. The molecule has 0 aliphatic carbocycles. The van der Waals surface area contributed by atoms with Crippen LogP contribution in [0.15, 0.2) is 35.1 Å². The molecule has 0 saturated heterocycles. The predicted molar refractivity (Wildman–Crippen MR) is 80.5 cm³/mol. The second kappa shape index (κ2) is 5.00. The van der Waals surface area contributed by atoms with Crippen LogP contribution in [0.2, 0.25) is 0 Å². The van der Waals surface area contributed by atoms with Gasteiger partial charge < -0.3 is 11.1 Å². The van der Waals surface area contributed by atoms with E-state index < -0.39 is 0 Å². The predicted octanol–water partition coefficient (Wildman–Crippen LogP) is 1.50. The SMILES string of the molecule is CC(C)(C)NC(=O)Cn1c(N)cc2ccccc2c1=O. The zero-order chi connectivity index (χ0) is 14.9. The molecule has 1 aromatic heterocycles. The highest BCUT2D eigenvalue weighted by Crippen LogP contribution is 2.13. The van der Waals surface area contributed by atoms with E-state index in [1.807, 2.05) is 32.9 Å². The van der Waals surface area contributed by atoms with Crippen LogP contribution < -0.4 is 16.6 Å². The second-order valence-corrected chi connectivity index (χ2v) is 5.85. The van der Waals surface area contributed by atoms with Gasteiger partial charge in [0.15, 0.2) is 0 Å². The maximum absolute atomic E-state index is 12.4. The van der Waals surface area contributed by atoms with E-state index in [-0.39, 0.29) is 29.4 Å². The Kier molecular flexibility index (Phi) is 3.53. The lowest BCUT2D eigenvalue weighted by Gasteiger charge is -2.21. The lowest BCUT2D eigenvalue weighted by atomic mass is 10.1. The normalized spacial score (nSPS) is 11.6. The molecule has 5 nitrogen and oxygen atoms in total. The minimum Gasteiger partial charge on any atom is -0.385 e. The summed E-state index contributed by atoms with van der Waals surface area (Å²) in [7, 11) is 0. The van der Waals surface area contributed by atoms with Crippen LogP contribution >= 0.6 is 0 Å². The number of fused-ring (bicyclic) bond motifs is 1. The number of hydrogen-bond donors (Lipinski definition) is 2. The molecule has 0 saturated carbocycles. The Labute approximate surface area is 117 Å². The van der Waals surface area contributed by atoms with E-state index in [1.165, 1.54) is 4.57 Å². The van der Waals surface area contributed by atoms with Gasteiger partial charge in [-0.05, 0) is 38.3 Å². The zero-order valence-electron chi connectivity index (χ0n) is 11.9. The molecule has 1 heterocycles. The molecule has 3 N–H and O–H groups in total. The summed E-state index contributed by atoms with van der Waals surface area (Å²) in [5.74, 6) is 0.0549. The Bertz CT molecular complexity index is 711. The number of nitrogens with two attached hydrogens (primary N) is 1. The number of carbonyl (C=O) groups excluding carboxylic acids is 1. The third kappa shape index (κ3) is 2.99. The van der Waals surface area contributed by atoms with E-state index in [4.69, 9.17) is 5.73 Å². The summed E-state index contributed by atoms with van der Waals surface area (Å²) >= 11 is 0. The van der Waals surface area contributed by atoms with Gasteiger partial charge in [-0.1, -0.05) is 18.2 Å². The minimum atomic E-state index is -0.341. The first-order chi connectivity index (χ1) is 9.28. The number of nitrogens with one attached hydrogen (secondary N) is 1. The van der Waals surface area contributed by atoms with Crippen LogP contribution in [0, 0.1) is 0 Å². The van der Waals surface area contributed by atoms with Crippen LogP contribution in [0.4, 0.5) is 5.82 Å². The van der Waals surface area contributed by atoms with Gasteiger partial charge >= 0.3 is 0 Å². The maximum Gasteiger partial charge on any atom is 0.260 e. The number of benzene rings is 1. The first kappa shape index (κ1) is 14.1. The molecule has 0 atom stereocenters. The molecule has 0 bridgehead atoms. The largest absolute Gasteiger partial charge is 0.385 e. The summed E-state index contributed by atoms with van der Waals surface area (Å²) in [6.45, 7) is 5.58. The van der Waals surface area contributed by atoms with Gasteiger partial charge in [0, 0.05) is 10.9 Å². The summed E-state index contributed by atoms with van der Waals surface area (Å²) < 4.78 is 1.30. The molecular formula is C15H19N3O2. The van der Waals surface area contributed by atoms with Crippen LogP contribution in [0.5, 0.6) is 0 Å². The molecule has 0 fully saturated rings. The standard InChI is InChI=1S/C15H19N3O2/c1-15(2,3)17-13(19)9-18-12(16)8-10-6-4-5-7-11(10)14(18)20/h4-8H,9,16H2,1-3H3,(H,17,19). The molecule has 0 unspecified atom stereocenters. The van der Waals surface area contributed by atoms with E-state index in [0.29, 0.717) is 5.39 Å². The molecule has 0 radical (unpaired) electrons. The average molecular weight is 273 g/mol. The number of nitrogen functional groups attached to an aromatic ring is 1. The molecule has 20 heavy (non-hydrogen) atoms. The Balaban J connectivity index is 2.40. The monoisotopic (exact) mass is 273 g/mol. The van der Waals surface area contributed by atoms with Crippen molar-refractivity contribution in [3.8, 4) is 0 Å². The van der Waals surface area contributed by atoms with Crippen molar-refractivity contribution in [1.29, 1.82) is 0 Å². The highest BCUT2D eigenvalue weighted by molar-refractivity contribution is 5.84. The van der Waals surface area contributed by atoms with Gasteiger partial charge in [0.05, 0.1) is 0 Å². The number of pyridine rings is 1. The molecule has 106 valence electrons. The smallest absolute Gasteiger partial charge is 0.260 e. The van der Waals surface area contributed by atoms with Crippen molar-refractivity contribution in [3.63, 3.8) is 0 Å². The lowest BCUT2D eigenvalue weighted by molar-refractivity contribution is -0.123. The highest BCUT2D eigenvalue weighted by Gasteiger charge is 2.16. The highest BCUT2D eigenvalue weighted by atomic mass is 16.2. The lowest BCUT2D eigenvalue weighted by Crippen LogP contribution is -2.43. The molecule has 1 aromatic carbocycles. The zero-order valence-corrected chi connectivity index (χ0v) is 11.9. The number of aromatic nitrogens is 1. The Morgan fingerprint density at radius 1 is 1.30 bits per heavy atom. The molecule has 2 rings (SSSR count). The van der Waals surface area contributed by atoms with Crippen LogP contribution in [0.25, 0.3) is 10.8 Å². The van der Waals surface area contributed by atoms with E-state index in [9.17, 15) is 9.59 Å². The summed E-state index contributed by atoms with van der Waals surface area (Å²) in [4.78, 5) is 24.3. The van der Waals surface area contributed by atoms with Crippen LogP contribution in [0.1, 0.15) is 20.8 Å². The van der Waals surface area contributed by atoms with Crippen molar-refractivity contribution < 1.29 is 4.79 Å². The summed E-state index contributed by atoms with van der Waals surface area (Å²) in [5.41, 5.74) is 5.30. The van der Waals surface area contributed by atoms with Gasteiger partial charge in [-0.25, -0.2) is 0 Å². The Morgan fingerprint density at radius 2 is 1.95 bits per heavy atom. The van der Waals surface area contributed by atoms with Gasteiger partial charge in [-0.3, -0.25) is 14.2 Å². The Morgan fingerprint density at radius 3 is 2.60 bits per heavy atom. The third-order valence-corrected chi connectivity index (χ3v) is 2.87. The van der Waals surface area contributed by atoms with Crippen molar-refractivity contribution >= 4 is 22.5 Å². The van der Waals surface area contributed by atoms with Gasteiger partial charge in [0.25, 0.3) is 5.56 Å². The maximum atomic E-state index is 12.4. The number of anilines is 1. The minimum absolute atomic E-state index is 0.0766. The number of hydrogen-bond acceptors (Lipinski definition) is 3. The van der Waals surface area contributed by atoms with Crippen LogP contribution in [0.3, 0.4) is 0 Å². The van der Waals surface area contributed by atoms with Crippen molar-refractivity contribution in [2.45, 2.75) is 32.9 Å². The second-order valence-electron chi connectivity index (χ2n) is 5.85. The van der Waals surface area contributed by atoms with Crippen LogP contribution in [-0.4, -0.2) is 16.0 Å². The summed E-state index contributed by atoms with van der Waals surface area (Å²) in [6, 6.07) is 8.90. The number of nitrogens with zero attached hydrogens (tertiary/aromatic N) is 1. The molecule has 5 heteroatoms. The number of carbonyl (C=O) groups is 1. The van der Waals surface area contributed by atoms with Gasteiger partial charge in [-0.15, -0.1) is 0 Å². The van der Waals surface area contributed by atoms with Crippen LogP contribution in [-0.2, 0) is 11.3 Å². The molecule has 1 amide bonds. The topological polar surface area (TPSA) is 77.1 Å². The van der Waals surface area contributed by atoms with E-state index in [2.05, 4.69) is 5.32 Å². The first-order valence-electron chi connectivity index (χ1n) is 6.47. The van der Waals surface area contributed by atoms with E-state index in [0.717, 1.165) is 5.39 Å². The Hall–Kier alpha value is -2.30. The molecule has 2 aromatic rings. The first-order valence-corrected chi connectivity index (χ1v) is 6.47. The molecular weight excluding hydrogens is 254 g/mol. The molecule has 0 aliphatic rings. The number of amides is 1. The quantitative estimate of drug-likeness (QED) is 0.870. The van der Waals surface area contributed by atoms with Crippen molar-refractivity contribution in [2.75, 3.05) is 5.73 Å². The summed E-state index contributed by atoms with van der Waals surface area (Å²) in [6.07, 6.45) is 0. The van der Waals surface area contributed by atoms with Crippen molar-refractivity contribution in [1.82, 2.24) is 9.88 Å². The van der Waals surface area contributed by atoms with Crippen molar-refractivity contribution in [3.05, 3.63) is 40.7 Å². The average Bonchev–Trinajstić information content (AvgIpc) is 2.32. The summed E-state index contributed by atoms with van der Waals surface area (Å²) in [5, 5.41) is 4.16. The van der Waals surface area contributed by atoms with Gasteiger partial charge in [-0.2, -0.15) is 0 Å². The van der Waals surface area contributed by atoms with Gasteiger partial charge in [0.1, 0.15) is 12.4 Å². The molecule has 0 spiro atoms. The van der Waals surface area contributed by atoms with E-state index in [1.54, 1.807) is 18.2 Å². The fourth-order valence-corrected chi connectivity index (χ4v) is 2.08. The van der Waals surface area contributed by atoms with E-state index >= 15 is 0 Å². The van der Waals surface area contributed by atoms with Gasteiger partial charge in [0.2, 0.25) is 5.91 Å². The fraction of sp³-hybridized carbons (Fsp3) is 0.333. The number of rotatable bonds is 2. The third-order valence-electron chi connectivity index (χ3n) is 2.87. The van der Waals surface area contributed by atoms with Crippen molar-refractivity contribution in [2.24, 2.45) is 0 Å². The molecule has 0 aliphatic heterocycles.